The predicted octanol–water partition coefficient (Wildman–Crippen LogP) is 1.55. The first-order valence-corrected chi connectivity index (χ1v) is 7.38. The van der Waals surface area contributed by atoms with E-state index in [4.69, 9.17) is 4.74 Å². The van der Waals surface area contributed by atoms with Gasteiger partial charge in [0.05, 0.1) is 6.10 Å². The Morgan fingerprint density at radius 2 is 1.95 bits per heavy atom. The number of ether oxygens (including phenoxy) is 1. The molecule has 1 unspecified atom stereocenters. The van der Waals surface area contributed by atoms with E-state index in [1.807, 2.05) is 6.92 Å². The molecule has 6 heteroatoms. The molecule has 0 saturated carbocycles. The highest BCUT2D eigenvalue weighted by Gasteiger charge is 2.49. The van der Waals surface area contributed by atoms with Gasteiger partial charge in [-0.25, -0.2) is 9.59 Å². The maximum Gasteiger partial charge on any atom is 0.329 e. The lowest BCUT2D eigenvalue weighted by Crippen LogP contribution is -2.57. The normalized spacial score (nSPS) is 27.9. The first-order valence-electron chi connectivity index (χ1n) is 7.38. The van der Waals surface area contributed by atoms with E-state index >= 15 is 0 Å². The van der Waals surface area contributed by atoms with Crippen LogP contribution >= 0.6 is 0 Å². The van der Waals surface area contributed by atoms with Crippen LogP contribution in [0, 0.1) is 0 Å². The summed E-state index contributed by atoms with van der Waals surface area (Å²) < 4.78 is 5.30. The third-order valence-corrected chi connectivity index (χ3v) is 4.75. The summed E-state index contributed by atoms with van der Waals surface area (Å²) in [5, 5.41) is 9.53. The van der Waals surface area contributed by atoms with Gasteiger partial charge in [0, 0.05) is 26.7 Å². The zero-order valence-corrected chi connectivity index (χ0v) is 12.3. The van der Waals surface area contributed by atoms with Gasteiger partial charge in [-0.2, -0.15) is 0 Å². The number of likely N-dealkylation sites (tertiary alicyclic amines) is 2. The van der Waals surface area contributed by atoms with Gasteiger partial charge in [-0.1, -0.05) is 6.92 Å². The van der Waals surface area contributed by atoms with Crippen molar-refractivity contribution in [2.45, 2.75) is 50.7 Å². The highest BCUT2D eigenvalue weighted by molar-refractivity contribution is 5.87. The summed E-state index contributed by atoms with van der Waals surface area (Å²) in [5.74, 6) is -0.877. The summed E-state index contributed by atoms with van der Waals surface area (Å²) in [6.07, 6.45) is 3.64. The van der Waals surface area contributed by atoms with Crippen LogP contribution in [0.2, 0.25) is 0 Å². The number of hydrogen-bond acceptors (Lipinski definition) is 3. The zero-order chi connectivity index (χ0) is 14.8. The SMILES string of the molecule is CCC1(C(=O)O)CCCN1C(=O)N1CCC(OC)CC1. The fourth-order valence-corrected chi connectivity index (χ4v) is 3.35. The Morgan fingerprint density at radius 3 is 2.45 bits per heavy atom. The third kappa shape index (κ3) is 2.49. The van der Waals surface area contributed by atoms with Gasteiger partial charge in [0.25, 0.3) is 0 Å². The lowest BCUT2D eigenvalue weighted by Gasteiger charge is -2.39. The number of aliphatic carboxylic acids is 1. The summed E-state index contributed by atoms with van der Waals surface area (Å²) in [4.78, 5) is 27.6. The van der Waals surface area contributed by atoms with Crippen molar-refractivity contribution in [3.05, 3.63) is 0 Å². The molecule has 2 fully saturated rings. The van der Waals surface area contributed by atoms with Gasteiger partial charge in [0.15, 0.2) is 0 Å². The largest absolute Gasteiger partial charge is 0.479 e. The Bertz CT molecular complexity index is 379. The Hall–Kier alpha value is -1.30. The monoisotopic (exact) mass is 284 g/mol. The molecule has 114 valence electrons. The summed E-state index contributed by atoms with van der Waals surface area (Å²) in [5.41, 5.74) is -1.00. The summed E-state index contributed by atoms with van der Waals surface area (Å²) in [7, 11) is 1.69. The molecular formula is C14H24N2O4. The van der Waals surface area contributed by atoms with Crippen molar-refractivity contribution < 1.29 is 19.4 Å². The number of carboxylic acid groups (broad SMARTS) is 1. The second-order valence-corrected chi connectivity index (χ2v) is 5.65. The molecule has 2 heterocycles. The molecular weight excluding hydrogens is 260 g/mol. The minimum absolute atomic E-state index is 0.124. The summed E-state index contributed by atoms with van der Waals surface area (Å²) in [6.45, 7) is 3.68. The lowest BCUT2D eigenvalue weighted by atomic mass is 9.93. The zero-order valence-electron chi connectivity index (χ0n) is 12.3. The van der Waals surface area contributed by atoms with Crippen LogP contribution in [0.1, 0.15) is 39.0 Å². The average molecular weight is 284 g/mol. The minimum atomic E-state index is -1.00. The van der Waals surface area contributed by atoms with E-state index in [1.54, 1.807) is 16.9 Å². The fraction of sp³-hybridized carbons (Fsp3) is 0.857. The smallest absolute Gasteiger partial charge is 0.329 e. The van der Waals surface area contributed by atoms with E-state index in [1.165, 1.54) is 0 Å². The molecule has 1 atom stereocenters. The first kappa shape index (κ1) is 15.1. The molecule has 0 spiro atoms. The molecule has 0 radical (unpaired) electrons. The molecule has 0 aliphatic carbocycles. The van der Waals surface area contributed by atoms with Crippen LogP contribution in [0.15, 0.2) is 0 Å². The number of nitrogens with zero attached hydrogens (tertiary/aromatic N) is 2. The number of hydrogen-bond donors (Lipinski definition) is 1. The maximum atomic E-state index is 12.6. The van der Waals surface area contributed by atoms with Gasteiger partial charge in [-0.3, -0.25) is 0 Å². The Kier molecular flexibility index (Phi) is 4.52. The van der Waals surface area contributed by atoms with E-state index in [2.05, 4.69) is 0 Å². The van der Waals surface area contributed by atoms with E-state index in [0.717, 1.165) is 19.3 Å². The van der Waals surface area contributed by atoms with Crippen LogP contribution in [0.5, 0.6) is 0 Å². The van der Waals surface area contributed by atoms with Crippen LogP contribution in [0.25, 0.3) is 0 Å². The van der Waals surface area contributed by atoms with Gasteiger partial charge in [0.1, 0.15) is 5.54 Å². The van der Waals surface area contributed by atoms with E-state index in [0.29, 0.717) is 32.5 Å². The van der Waals surface area contributed by atoms with Crippen molar-refractivity contribution >= 4 is 12.0 Å². The van der Waals surface area contributed by atoms with Crippen LogP contribution in [-0.2, 0) is 9.53 Å². The number of carbonyl (C=O) groups is 2. The Balaban J connectivity index is 2.07. The number of urea groups is 1. The molecule has 0 aromatic heterocycles. The second-order valence-electron chi connectivity index (χ2n) is 5.65. The van der Waals surface area contributed by atoms with Gasteiger partial charge >= 0.3 is 12.0 Å². The minimum Gasteiger partial charge on any atom is -0.479 e. The molecule has 0 bridgehead atoms. The standard InChI is InChI=1S/C14H24N2O4/c1-3-14(12(17)18)7-4-8-16(14)13(19)15-9-5-11(20-2)6-10-15/h11H,3-10H2,1-2H3,(H,17,18). The molecule has 0 aromatic rings. The number of piperidine rings is 1. The van der Waals surface area contributed by atoms with Crippen molar-refractivity contribution in [3.8, 4) is 0 Å². The predicted molar refractivity (Wildman–Crippen MR) is 73.6 cm³/mol. The van der Waals surface area contributed by atoms with Crippen molar-refractivity contribution in [1.29, 1.82) is 0 Å². The molecule has 2 saturated heterocycles. The second kappa shape index (κ2) is 5.99. The quantitative estimate of drug-likeness (QED) is 0.853. The van der Waals surface area contributed by atoms with Crippen molar-refractivity contribution in [2.75, 3.05) is 26.7 Å². The van der Waals surface area contributed by atoms with Gasteiger partial charge in [-0.15, -0.1) is 0 Å². The van der Waals surface area contributed by atoms with Crippen molar-refractivity contribution in [2.24, 2.45) is 0 Å². The van der Waals surface area contributed by atoms with Crippen molar-refractivity contribution in [3.63, 3.8) is 0 Å². The highest BCUT2D eigenvalue weighted by Crippen LogP contribution is 2.34. The molecule has 6 nitrogen and oxygen atoms in total. The Labute approximate surface area is 119 Å². The highest BCUT2D eigenvalue weighted by atomic mass is 16.5. The average Bonchev–Trinajstić information content (AvgIpc) is 2.91. The van der Waals surface area contributed by atoms with Gasteiger partial charge < -0.3 is 19.6 Å². The van der Waals surface area contributed by atoms with Gasteiger partial charge in [-0.05, 0) is 32.1 Å². The van der Waals surface area contributed by atoms with Gasteiger partial charge in [0.2, 0.25) is 0 Å². The third-order valence-electron chi connectivity index (χ3n) is 4.75. The summed E-state index contributed by atoms with van der Waals surface area (Å²) >= 11 is 0. The molecule has 2 aliphatic rings. The molecule has 2 rings (SSSR count). The topological polar surface area (TPSA) is 70.1 Å². The van der Waals surface area contributed by atoms with Crippen LogP contribution in [-0.4, -0.2) is 65.3 Å². The number of carboxylic acids is 1. The fourth-order valence-electron chi connectivity index (χ4n) is 3.35. The molecule has 20 heavy (non-hydrogen) atoms. The first-order chi connectivity index (χ1) is 9.55. The maximum absolute atomic E-state index is 12.6. The lowest BCUT2D eigenvalue weighted by molar-refractivity contribution is -0.148. The molecule has 1 N–H and O–H groups in total. The van der Waals surface area contributed by atoms with E-state index < -0.39 is 11.5 Å². The molecule has 2 aliphatic heterocycles. The van der Waals surface area contributed by atoms with Crippen LogP contribution in [0.3, 0.4) is 0 Å². The number of carbonyl (C=O) groups excluding carboxylic acids is 1. The van der Waals surface area contributed by atoms with Crippen LogP contribution < -0.4 is 0 Å². The Morgan fingerprint density at radius 1 is 1.30 bits per heavy atom. The van der Waals surface area contributed by atoms with E-state index in [9.17, 15) is 14.7 Å². The van der Waals surface area contributed by atoms with Crippen molar-refractivity contribution in [1.82, 2.24) is 9.80 Å². The van der Waals surface area contributed by atoms with E-state index in [-0.39, 0.29) is 12.1 Å². The molecule has 2 amide bonds. The van der Waals surface area contributed by atoms with Crippen LogP contribution in [0.4, 0.5) is 4.79 Å². The molecule has 0 aromatic carbocycles. The number of amides is 2. The number of methoxy groups -OCH3 is 1. The summed E-state index contributed by atoms with van der Waals surface area (Å²) in [6, 6.07) is -0.124. The number of rotatable bonds is 3.